The number of halogens is 4. The van der Waals surface area contributed by atoms with Gasteiger partial charge in [-0.05, 0) is 78.0 Å². The van der Waals surface area contributed by atoms with Crippen molar-refractivity contribution in [1.29, 1.82) is 0 Å². The number of hydrogen-bond acceptors (Lipinski definition) is 5. The van der Waals surface area contributed by atoms with Crippen LogP contribution in [0.2, 0.25) is 0 Å². The lowest BCUT2D eigenvalue weighted by Crippen LogP contribution is -2.19. The normalized spacial score (nSPS) is 11.2. The Balaban J connectivity index is 1.94. The second kappa shape index (κ2) is 8.85. The van der Waals surface area contributed by atoms with Crippen molar-refractivity contribution in [2.24, 2.45) is 0 Å². The summed E-state index contributed by atoms with van der Waals surface area (Å²) in [7, 11) is 1.54. The molecule has 0 bridgehead atoms. The van der Waals surface area contributed by atoms with Gasteiger partial charge >= 0.3 is 6.18 Å². The van der Waals surface area contributed by atoms with Crippen molar-refractivity contribution in [3.05, 3.63) is 63.9 Å². The van der Waals surface area contributed by atoms with Gasteiger partial charge in [-0.3, -0.25) is 0 Å². The third-order valence-electron chi connectivity index (χ3n) is 4.03. The Bertz CT molecular complexity index is 963. The monoisotopic (exact) mass is 514 g/mol. The standard InChI is InChI=1S/C20H18F3IN4O/c1-3-29-16-10-6-14(7-11-16)26-19-25-12-17(20(21,22)23)18(27-19)28(2)15-8-4-13(24)5-9-15/h4-12H,3H2,1-2H3,(H,25,26,27). The first-order valence-corrected chi connectivity index (χ1v) is 9.79. The minimum absolute atomic E-state index is 0.0644. The molecular weight excluding hydrogens is 496 g/mol. The first kappa shape index (κ1) is 21.2. The number of aromatic nitrogens is 2. The van der Waals surface area contributed by atoms with Crippen LogP contribution in [-0.4, -0.2) is 23.6 Å². The van der Waals surface area contributed by atoms with Gasteiger partial charge in [-0.25, -0.2) is 4.98 Å². The van der Waals surface area contributed by atoms with E-state index in [0.717, 1.165) is 9.77 Å². The predicted molar refractivity (Wildman–Crippen MR) is 115 cm³/mol. The molecule has 0 aliphatic heterocycles. The third kappa shape index (κ3) is 5.28. The number of nitrogens with zero attached hydrogens (tertiary/aromatic N) is 3. The summed E-state index contributed by atoms with van der Waals surface area (Å²) in [4.78, 5) is 9.38. The number of ether oxygens (including phenoxy) is 1. The molecule has 29 heavy (non-hydrogen) atoms. The largest absolute Gasteiger partial charge is 0.494 e. The summed E-state index contributed by atoms with van der Waals surface area (Å²) in [6.07, 6.45) is -3.78. The maximum absolute atomic E-state index is 13.5. The van der Waals surface area contributed by atoms with E-state index in [2.05, 4.69) is 37.9 Å². The Kier molecular flexibility index (Phi) is 6.46. The highest BCUT2D eigenvalue weighted by atomic mass is 127. The maximum Gasteiger partial charge on any atom is 0.421 e. The van der Waals surface area contributed by atoms with Crippen molar-refractivity contribution in [2.75, 3.05) is 23.9 Å². The summed E-state index contributed by atoms with van der Waals surface area (Å²) in [5.74, 6) is 0.530. The zero-order chi connectivity index (χ0) is 21.0. The van der Waals surface area contributed by atoms with E-state index in [0.29, 0.717) is 23.7 Å². The van der Waals surface area contributed by atoms with E-state index >= 15 is 0 Å². The number of alkyl halides is 3. The smallest absolute Gasteiger partial charge is 0.421 e. The predicted octanol–water partition coefficient (Wildman–Crippen LogP) is 6.01. The lowest BCUT2D eigenvalue weighted by molar-refractivity contribution is -0.137. The molecule has 0 atom stereocenters. The van der Waals surface area contributed by atoms with Crippen LogP contribution in [0.1, 0.15) is 12.5 Å². The fraction of sp³-hybridized carbons (Fsp3) is 0.200. The molecule has 3 aromatic rings. The van der Waals surface area contributed by atoms with Crippen LogP contribution in [0.5, 0.6) is 5.75 Å². The van der Waals surface area contributed by atoms with Crippen molar-refractivity contribution in [1.82, 2.24) is 9.97 Å². The molecule has 0 aliphatic carbocycles. The van der Waals surface area contributed by atoms with Crippen LogP contribution in [0.15, 0.2) is 54.7 Å². The van der Waals surface area contributed by atoms with Crippen LogP contribution >= 0.6 is 22.6 Å². The highest BCUT2D eigenvalue weighted by Crippen LogP contribution is 2.37. The zero-order valence-corrected chi connectivity index (χ0v) is 17.8. The average Bonchev–Trinajstić information content (AvgIpc) is 2.69. The van der Waals surface area contributed by atoms with Crippen LogP contribution < -0.4 is 15.0 Å². The van der Waals surface area contributed by atoms with Gasteiger partial charge in [-0.2, -0.15) is 18.2 Å². The molecule has 0 amide bonds. The molecule has 0 spiro atoms. The van der Waals surface area contributed by atoms with Crippen LogP contribution in [0, 0.1) is 3.57 Å². The lowest BCUT2D eigenvalue weighted by atomic mass is 10.2. The summed E-state index contributed by atoms with van der Waals surface area (Å²) in [5, 5.41) is 2.93. The van der Waals surface area contributed by atoms with Gasteiger partial charge in [0.15, 0.2) is 5.82 Å². The van der Waals surface area contributed by atoms with E-state index in [1.54, 1.807) is 43.4 Å². The average molecular weight is 514 g/mol. The summed E-state index contributed by atoms with van der Waals surface area (Å²) >= 11 is 2.14. The summed E-state index contributed by atoms with van der Waals surface area (Å²) in [6, 6.07) is 14.1. The Labute approximate surface area is 180 Å². The van der Waals surface area contributed by atoms with Gasteiger partial charge in [0, 0.05) is 28.2 Å². The summed E-state index contributed by atoms with van der Waals surface area (Å²) in [6.45, 7) is 2.43. The van der Waals surface area contributed by atoms with Gasteiger partial charge in [-0.15, -0.1) is 0 Å². The first-order chi connectivity index (χ1) is 13.8. The number of nitrogens with one attached hydrogen (secondary N) is 1. The topological polar surface area (TPSA) is 50.3 Å². The Morgan fingerprint density at radius 3 is 2.31 bits per heavy atom. The van der Waals surface area contributed by atoms with E-state index in [4.69, 9.17) is 4.74 Å². The lowest BCUT2D eigenvalue weighted by Gasteiger charge is -2.23. The minimum atomic E-state index is -4.58. The molecule has 0 aliphatic rings. The van der Waals surface area contributed by atoms with Crippen LogP contribution in [0.25, 0.3) is 0 Å². The van der Waals surface area contributed by atoms with Gasteiger partial charge in [0.25, 0.3) is 0 Å². The van der Waals surface area contributed by atoms with Crippen molar-refractivity contribution < 1.29 is 17.9 Å². The second-order valence-electron chi connectivity index (χ2n) is 6.05. The van der Waals surface area contributed by atoms with Crippen molar-refractivity contribution in [3.63, 3.8) is 0 Å². The van der Waals surface area contributed by atoms with Crippen molar-refractivity contribution >= 4 is 45.7 Å². The first-order valence-electron chi connectivity index (χ1n) is 8.71. The number of rotatable bonds is 6. The SMILES string of the molecule is CCOc1ccc(Nc2ncc(C(F)(F)F)c(N(C)c3ccc(I)cc3)n2)cc1. The maximum atomic E-state index is 13.5. The van der Waals surface area contributed by atoms with Gasteiger partial charge in [0.1, 0.15) is 11.3 Å². The van der Waals surface area contributed by atoms with Crippen LogP contribution in [0.3, 0.4) is 0 Å². The van der Waals surface area contributed by atoms with Crippen molar-refractivity contribution in [2.45, 2.75) is 13.1 Å². The molecule has 0 radical (unpaired) electrons. The molecular formula is C20H18F3IN4O. The van der Waals surface area contributed by atoms with Gasteiger partial charge in [0.05, 0.1) is 6.61 Å². The molecule has 0 saturated carbocycles. The molecule has 1 N–H and O–H groups in total. The molecule has 152 valence electrons. The molecule has 0 unspecified atom stereocenters. The Hall–Kier alpha value is -2.56. The van der Waals surface area contributed by atoms with Crippen LogP contribution in [0.4, 0.5) is 36.3 Å². The fourth-order valence-corrected chi connectivity index (χ4v) is 2.97. The molecule has 2 aromatic carbocycles. The molecule has 5 nitrogen and oxygen atoms in total. The van der Waals surface area contributed by atoms with Gasteiger partial charge < -0.3 is 15.0 Å². The molecule has 0 fully saturated rings. The Morgan fingerprint density at radius 1 is 1.07 bits per heavy atom. The van der Waals surface area contributed by atoms with E-state index < -0.39 is 11.7 Å². The van der Waals surface area contributed by atoms with Gasteiger partial charge in [0.2, 0.25) is 5.95 Å². The Morgan fingerprint density at radius 2 is 1.72 bits per heavy atom. The zero-order valence-electron chi connectivity index (χ0n) is 15.7. The van der Waals surface area contributed by atoms with E-state index in [9.17, 15) is 13.2 Å². The summed E-state index contributed by atoms with van der Waals surface area (Å²) in [5.41, 5.74) is 0.313. The van der Waals surface area contributed by atoms with Crippen LogP contribution in [-0.2, 0) is 6.18 Å². The summed E-state index contributed by atoms with van der Waals surface area (Å²) < 4.78 is 46.9. The van der Waals surface area contributed by atoms with Crippen molar-refractivity contribution in [3.8, 4) is 5.75 Å². The number of hydrogen-bond donors (Lipinski definition) is 1. The number of benzene rings is 2. The van der Waals surface area contributed by atoms with Gasteiger partial charge in [-0.1, -0.05) is 0 Å². The molecule has 9 heteroatoms. The van der Waals surface area contributed by atoms with E-state index in [1.807, 2.05) is 19.1 Å². The highest BCUT2D eigenvalue weighted by Gasteiger charge is 2.36. The fourth-order valence-electron chi connectivity index (χ4n) is 2.61. The second-order valence-corrected chi connectivity index (χ2v) is 7.29. The quantitative estimate of drug-likeness (QED) is 0.409. The van der Waals surface area contributed by atoms with E-state index in [1.165, 1.54) is 4.90 Å². The van der Waals surface area contributed by atoms with E-state index in [-0.39, 0.29) is 11.8 Å². The number of anilines is 4. The molecule has 0 saturated heterocycles. The minimum Gasteiger partial charge on any atom is -0.494 e. The molecule has 3 rings (SSSR count). The molecule has 1 heterocycles. The highest BCUT2D eigenvalue weighted by molar-refractivity contribution is 14.1. The molecule has 1 aromatic heterocycles. The third-order valence-corrected chi connectivity index (χ3v) is 4.75.